The molecule has 0 aliphatic heterocycles. The van der Waals surface area contributed by atoms with Crippen molar-refractivity contribution in [3.63, 3.8) is 0 Å². The fraction of sp³-hybridized carbons (Fsp3) is 0.750. The van der Waals surface area contributed by atoms with Gasteiger partial charge in [-0.3, -0.25) is 4.68 Å². The first-order chi connectivity index (χ1) is 9.30. The van der Waals surface area contributed by atoms with E-state index in [0.29, 0.717) is 6.04 Å². The predicted octanol–water partition coefficient (Wildman–Crippen LogP) is 3.31. The Morgan fingerprint density at radius 1 is 1.21 bits per heavy atom. The molecule has 1 aromatic heterocycles. The van der Waals surface area contributed by atoms with Crippen molar-refractivity contribution in [3.05, 3.63) is 17.5 Å². The standard InChI is InChI=1S/C16H21N3/c1-2-15-14(8-17)9-18-19(15)16-12-4-10-3-11(6-12)7-13(16)5-10/h9-13,16H,2-7H2,1H3. The molecule has 4 saturated carbocycles. The quantitative estimate of drug-likeness (QED) is 0.813. The summed E-state index contributed by atoms with van der Waals surface area (Å²) in [5, 5.41) is 13.8. The SMILES string of the molecule is CCc1c(C#N)cnn1C1C2CC3CC(C2)CC1C3. The summed E-state index contributed by atoms with van der Waals surface area (Å²) in [7, 11) is 0. The van der Waals surface area contributed by atoms with Gasteiger partial charge in [-0.05, 0) is 62.2 Å². The molecule has 0 aromatic carbocycles. The van der Waals surface area contributed by atoms with Crippen LogP contribution in [0.5, 0.6) is 0 Å². The molecular formula is C16H21N3. The number of aromatic nitrogens is 2. The third-order valence-corrected chi connectivity index (χ3v) is 5.81. The summed E-state index contributed by atoms with van der Waals surface area (Å²) in [5.74, 6) is 3.64. The predicted molar refractivity (Wildman–Crippen MR) is 72.4 cm³/mol. The van der Waals surface area contributed by atoms with E-state index in [1.54, 1.807) is 6.20 Å². The summed E-state index contributed by atoms with van der Waals surface area (Å²) in [5.41, 5.74) is 1.95. The van der Waals surface area contributed by atoms with Gasteiger partial charge in [-0.15, -0.1) is 0 Å². The monoisotopic (exact) mass is 255 g/mol. The molecule has 0 amide bonds. The molecule has 1 aromatic rings. The van der Waals surface area contributed by atoms with Crippen molar-refractivity contribution >= 4 is 0 Å². The van der Waals surface area contributed by atoms with E-state index in [-0.39, 0.29) is 0 Å². The van der Waals surface area contributed by atoms with Crippen LogP contribution in [0.1, 0.15) is 56.3 Å². The Balaban J connectivity index is 1.73. The van der Waals surface area contributed by atoms with Crippen molar-refractivity contribution in [1.29, 1.82) is 5.26 Å². The minimum Gasteiger partial charge on any atom is -0.265 e. The van der Waals surface area contributed by atoms with E-state index in [1.807, 2.05) is 0 Å². The Hall–Kier alpha value is -1.30. The lowest BCUT2D eigenvalue weighted by Gasteiger charge is -2.54. The molecule has 0 unspecified atom stereocenters. The summed E-state index contributed by atoms with van der Waals surface area (Å²) in [4.78, 5) is 0. The third-order valence-electron chi connectivity index (χ3n) is 5.81. The molecule has 3 heteroatoms. The molecule has 4 aliphatic carbocycles. The lowest BCUT2D eigenvalue weighted by molar-refractivity contribution is -0.0346. The van der Waals surface area contributed by atoms with E-state index in [0.717, 1.165) is 35.7 Å². The first-order valence-corrected chi connectivity index (χ1v) is 7.76. The lowest BCUT2D eigenvalue weighted by atomic mass is 9.54. The molecule has 1 heterocycles. The van der Waals surface area contributed by atoms with Crippen molar-refractivity contribution in [1.82, 2.24) is 9.78 Å². The van der Waals surface area contributed by atoms with Gasteiger partial charge in [-0.1, -0.05) is 6.92 Å². The van der Waals surface area contributed by atoms with Crippen molar-refractivity contribution in [2.24, 2.45) is 23.7 Å². The van der Waals surface area contributed by atoms with E-state index in [9.17, 15) is 5.26 Å². The number of nitriles is 1. The zero-order valence-corrected chi connectivity index (χ0v) is 11.5. The Bertz CT molecular complexity index is 509. The first kappa shape index (κ1) is 11.5. The Kier molecular flexibility index (Phi) is 2.48. The van der Waals surface area contributed by atoms with Gasteiger partial charge in [0.05, 0.1) is 23.5 Å². The zero-order valence-electron chi connectivity index (χ0n) is 11.5. The van der Waals surface area contributed by atoms with Crippen molar-refractivity contribution in [3.8, 4) is 6.07 Å². The van der Waals surface area contributed by atoms with Gasteiger partial charge in [-0.2, -0.15) is 10.4 Å². The maximum absolute atomic E-state index is 9.21. The van der Waals surface area contributed by atoms with Crippen molar-refractivity contribution in [2.75, 3.05) is 0 Å². The van der Waals surface area contributed by atoms with Crippen LogP contribution in [0.4, 0.5) is 0 Å². The molecule has 3 nitrogen and oxygen atoms in total. The zero-order chi connectivity index (χ0) is 13.0. The second-order valence-electron chi connectivity index (χ2n) is 6.84. The van der Waals surface area contributed by atoms with Gasteiger partial charge in [0, 0.05) is 0 Å². The molecule has 0 atom stereocenters. The van der Waals surface area contributed by atoms with Gasteiger partial charge in [0.25, 0.3) is 0 Å². The van der Waals surface area contributed by atoms with Crippen molar-refractivity contribution < 1.29 is 0 Å². The highest BCUT2D eigenvalue weighted by molar-refractivity contribution is 5.32. The second-order valence-corrected chi connectivity index (χ2v) is 6.84. The van der Waals surface area contributed by atoms with Crippen LogP contribution in [0.3, 0.4) is 0 Å². The molecule has 0 saturated heterocycles. The molecule has 4 fully saturated rings. The smallest absolute Gasteiger partial charge is 0.103 e. The third kappa shape index (κ3) is 1.59. The van der Waals surface area contributed by atoms with E-state index >= 15 is 0 Å². The highest BCUT2D eigenvalue weighted by Crippen LogP contribution is 2.58. The van der Waals surface area contributed by atoms with Crippen LogP contribution < -0.4 is 0 Å². The Morgan fingerprint density at radius 2 is 1.84 bits per heavy atom. The van der Waals surface area contributed by atoms with Gasteiger partial charge >= 0.3 is 0 Å². The molecule has 100 valence electrons. The highest BCUT2D eigenvalue weighted by Gasteiger charge is 2.49. The van der Waals surface area contributed by atoms with Crippen LogP contribution in [-0.2, 0) is 6.42 Å². The molecule has 0 spiro atoms. The fourth-order valence-electron chi connectivity index (χ4n) is 5.39. The van der Waals surface area contributed by atoms with Gasteiger partial charge in [0.1, 0.15) is 6.07 Å². The topological polar surface area (TPSA) is 41.6 Å². The van der Waals surface area contributed by atoms with Gasteiger partial charge in [-0.25, -0.2) is 0 Å². The normalized spacial score (nSPS) is 39.5. The Labute approximate surface area is 114 Å². The van der Waals surface area contributed by atoms with Crippen LogP contribution >= 0.6 is 0 Å². The molecule has 0 radical (unpaired) electrons. The van der Waals surface area contributed by atoms with E-state index in [1.165, 1.54) is 37.8 Å². The maximum atomic E-state index is 9.21. The molecule has 0 N–H and O–H groups in total. The molecule has 5 rings (SSSR count). The minimum atomic E-state index is 0.588. The van der Waals surface area contributed by atoms with Crippen LogP contribution in [0.15, 0.2) is 6.20 Å². The highest BCUT2D eigenvalue weighted by atomic mass is 15.3. The van der Waals surface area contributed by atoms with Crippen molar-refractivity contribution in [2.45, 2.75) is 51.5 Å². The summed E-state index contributed by atoms with van der Waals surface area (Å²) in [6.45, 7) is 2.14. The fourth-order valence-corrected chi connectivity index (χ4v) is 5.39. The maximum Gasteiger partial charge on any atom is 0.103 e. The Morgan fingerprint density at radius 3 is 2.37 bits per heavy atom. The van der Waals surface area contributed by atoms with Crippen LogP contribution in [0.2, 0.25) is 0 Å². The minimum absolute atomic E-state index is 0.588. The molecule has 19 heavy (non-hydrogen) atoms. The number of rotatable bonds is 2. The number of hydrogen-bond donors (Lipinski definition) is 0. The summed E-state index contributed by atoms with van der Waals surface area (Å²) >= 11 is 0. The van der Waals surface area contributed by atoms with Gasteiger partial charge in [0.15, 0.2) is 0 Å². The summed E-state index contributed by atoms with van der Waals surface area (Å²) in [6.07, 6.45) is 9.81. The number of hydrogen-bond acceptors (Lipinski definition) is 2. The van der Waals surface area contributed by atoms with Crippen LogP contribution in [0.25, 0.3) is 0 Å². The average molecular weight is 255 g/mol. The second kappa shape index (κ2) is 4.10. The molecule has 4 aliphatic rings. The molecule has 4 bridgehead atoms. The average Bonchev–Trinajstić information content (AvgIpc) is 2.80. The summed E-state index contributed by atoms with van der Waals surface area (Å²) in [6, 6.07) is 2.89. The number of nitrogens with zero attached hydrogens (tertiary/aromatic N) is 3. The van der Waals surface area contributed by atoms with Crippen LogP contribution in [-0.4, -0.2) is 9.78 Å². The lowest BCUT2D eigenvalue weighted by Crippen LogP contribution is -2.46. The van der Waals surface area contributed by atoms with E-state index in [4.69, 9.17) is 0 Å². The molecular weight excluding hydrogens is 234 g/mol. The van der Waals surface area contributed by atoms with E-state index in [2.05, 4.69) is 22.8 Å². The first-order valence-electron chi connectivity index (χ1n) is 7.76. The van der Waals surface area contributed by atoms with Crippen LogP contribution in [0, 0.1) is 35.0 Å². The van der Waals surface area contributed by atoms with E-state index < -0.39 is 0 Å². The van der Waals surface area contributed by atoms with Gasteiger partial charge < -0.3 is 0 Å². The van der Waals surface area contributed by atoms with Gasteiger partial charge in [0.2, 0.25) is 0 Å². The summed E-state index contributed by atoms with van der Waals surface area (Å²) < 4.78 is 2.24. The largest absolute Gasteiger partial charge is 0.265 e.